The first-order valence-corrected chi connectivity index (χ1v) is 20.3. The average molecular weight is 488 g/mol. The second-order valence-electron chi connectivity index (χ2n) is 13.1. The molecular weight excluding hydrogens is 461 g/mol. The van der Waals surface area contributed by atoms with Crippen molar-refractivity contribution in [2.24, 2.45) is 5.92 Å². The van der Waals surface area contributed by atoms with Crippen molar-refractivity contribution in [3.05, 3.63) is 0 Å². The number of rotatable bonds is 4. The van der Waals surface area contributed by atoms with Crippen molar-refractivity contribution < 1.29 is 22.4 Å². The first-order chi connectivity index (χ1) is 11.0. The number of halogens is 2. The Morgan fingerprint density at radius 1 is 0.957 bits per heavy atom. The van der Waals surface area contributed by atoms with Crippen LogP contribution in [0.15, 0.2) is 0 Å². The molecule has 1 spiro atoms. The molecule has 11 fully saturated rings. The standard InChI is InChI=1S/C14H21.C5H5.2ClH.Fe.Pd/c1-2-3-7-12-10-6-11-14(12)13-8-4-5-9-13;1-2-4-5-3-1;;;;/h6,10-11,13H,2-5,7-9H2,1H3;1-5H;2*1H;;/q;;;;;+2/p-2. The van der Waals surface area contributed by atoms with Gasteiger partial charge < -0.3 is 0 Å². The summed E-state index contributed by atoms with van der Waals surface area (Å²) in [6.45, 7) is -0.441. The molecule has 11 rings (SSSR count). The SMILES string of the molecule is CCCC[C]12[CH]3[CH]4[CH]5[C]1(C1CCCC1)[Fe]43521678[CH]2[CH]1[CH]6[CH]7[CH]28.[Cl][Pd][Cl]. The molecule has 0 amide bonds. The summed E-state index contributed by atoms with van der Waals surface area (Å²) in [6.07, 6.45) is 11.6. The van der Waals surface area contributed by atoms with Crippen molar-refractivity contribution >= 4 is 19.1 Å². The van der Waals surface area contributed by atoms with Crippen molar-refractivity contribution in [3.8, 4) is 0 Å². The van der Waals surface area contributed by atoms with Crippen LogP contribution >= 0.6 is 19.1 Å². The van der Waals surface area contributed by atoms with Crippen LogP contribution < -0.4 is 0 Å². The summed E-state index contributed by atoms with van der Waals surface area (Å²) >= 11 is -0.106. The van der Waals surface area contributed by atoms with Gasteiger partial charge in [0, 0.05) is 0 Å². The van der Waals surface area contributed by atoms with Gasteiger partial charge in [-0.25, -0.2) is 0 Å². The van der Waals surface area contributed by atoms with E-state index in [0.29, 0.717) is 0 Å². The van der Waals surface area contributed by atoms with E-state index in [-0.39, 0.29) is 15.9 Å². The van der Waals surface area contributed by atoms with Crippen molar-refractivity contribution in [1.29, 1.82) is 0 Å². The fraction of sp³-hybridized carbons (Fsp3) is 1.00. The Kier molecular flexibility index (Phi) is 0.747. The van der Waals surface area contributed by atoms with Crippen LogP contribution in [0, 0.1) is 5.92 Å². The van der Waals surface area contributed by atoms with Gasteiger partial charge in [0.15, 0.2) is 0 Å². The van der Waals surface area contributed by atoms with Gasteiger partial charge in [-0.15, -0.1) is 0 Å². The Morgan fingerprint density at radius 2 is 1.52 bits per heavy atom. The number of hydrogen-bond acceptors (Lipinski definition) is 0. The summed E-state index contributed by atoms with van der Waals surface area (Å²) in [5.74, 6) is 1.32. The minimum absolute atomic E-state index is 0.106. The molecule has 0 aromatic heterocycles. The molecule has 5 unspecified atom stereocenters. The van der Waals surface area contributed by atoms with Gasteiger partial charge in [0.2, 0.25) is 0 Å². The Balaban J connectivity index is 0.000000294. The van der Waals surface area contributed by atoms with Gasteiger partial charge in [-0.3, -0.25) is 0 Å². The fourth-order valence-electron chi connectivity index (χ4n) is 20.9. The maximum absolute atomic E-state index is 4.81. The van der Waals surface area contributed by atoms with E-state index in [4.69, 9.17) is 19.1 Å². The van der Waals surface area contributed by atoms with Crippen molar-refractivity contribution in [2.45, 2.75) is 99.0 Å². The van der Waals surface area contributed by atoms with Crippen LogP contribution in [0.2, 0.25) is 47.2 Å². The monoisotopic (exact) mass is 486 g/mol. The summed E-state index contributed by atoms with van der Waals surface area (Å²) in [4.78, 5) is 12.4. The van der Waals surface area contributed by atoms with Gasteiger partial charge >= 0.3 is 146 Å². The second-order valence-corrected chi connectivity index (χ2v) is 38.8. The Labute approximate surface area is 145 Å². The van der Waals surface area contributed by atoms with Gasteiger partial charge in [0.25, 0.3) is 0 Å². The predicted octanol–water partition coefficient (Wildman–Crippen LogP) is 7.87. The first-order valence-electron chi connectivity index (χ1n) is 10.1. The topological polar surface area (TPSA) is 0 Å². The van der Waals surface area contributed by atoms with Crippen molar-refractivity contribution in [3.63, 3.8) is 0 Å². The first kappa shape index (κ1) is 12.3. The zero-order chi connectivity index (χ0) is 15.2. The molecule has 10 heterocycles. The van der Waals surface area contributed by atoms with E-state index in [1.807, 2.05) is 0 Å². The molecular formula is C19H26Cl2FePd. The van der Waals surface area contributed by atoms with Gasteiger partial charge in [-0.05, 0) is 0 Å². The normalized spacial score (nSPS) is 98.2. The molecule has 134 valence electrons. The molecule has 10 aliphatic heterocycles. The van der Waals surface area contributed by atoms with Crippen LogP contribution in [0.5, 0.6) is 0 Å². The minimum atomic E-state index is -2.91. The van der Waals surface area contributed by atoms with Gasteiger partial charge in [-0.1, -0.05) is 0 Å². The molecule has 23 heavy (non-hydrogen) atoms. The third kappa shape index (κ3) is 0.185. The van der Waals surface area contributed by atoms with Crippen LogP contribution in [0.3, 0.4) is 0 Å². The van der Waals surface area contributed by atoms with Crippen LogP contribution in [-0.4, -0.2) is 0 Å². The molecule has 0 aromatic rings. The van der Waals surface area contributed by atoms with Crippen molar-refractivity contribution in [2.75, 3.05) is 0 Å². The Morgan fingerprint density at radius 3 is 1.96 bits per heavy atom. The Hall–Kier alpha value is 1.76. The molecule has 1 saturated carbocycles. The van der Waals surface area contributed by atoms with E-state index in [2.05, 4.69) is 6.92 Å². The number of hydrogen-bond donors (Lipinski definition) is 0. The summed E-state index contributed by atoms with van der Waals surface area (Å²) in [6, 6.07) is 0. The number of unbranched alkanes of at least 4 members (excludes halogenated alkanes) is 1. The maximum atomic E-state index is 4.81. The van der Waals surface area contributed by atoms with Crippen LogP contribution in [0.25, 0.3) is 0 Å². The summed E-state index contributed by atoms with van der Waals surface area (Å²) in [7, 11) is 9.63. The molecule has 10 saturated heterocycles. The third-order valence-corrected chi connectivity index (χ3v) is 62.0. The predicted molar refractivity (Wildman–Crippen MR) is 88.6 cm³/mol. The summed E-state index contributed by atoms with van der Waals surface area (Å²) in [5, 5.41) is 0. The van der Waals surface area contributed by atoms with Gasteiger partial charge in [-0.2, -0.15) is 0 Å². The van der Waals surface area contributed by atoms with E-state index in [1.54, 1.807) is 77.1 Å². The second kappa shape index (κ2) is 1.40. The van der Waals surface area contributed by atoms with E-state index < -0.39 is 6.51 Å². The molecule has 4 heteroatoms. The third-order valence-electron chi connectivity index (χ3n) is 18.1. The molecule has 0 nitrogen and oxygen atoms in total. The zero-order valence-electron chi connectivity index (χ0n) is 13.6. The summed E-state index contributed by atoms with van der Waals surface area (Å²) < 4.78 is 2.43. The molecule has 0 bridgehead atoms. The Bertz CT molecular complexity index is 1050. The van der Waals surface area contributed by atoms with E-state index >= 15 is 0 Å². The molecule has 0 aromatic carbocycles. The average Bonchev–Trinajstić information content (AvgIpc) is 3.45. The molecule has 11 aliphatic rings. The van der Waals surface area contributed by atoms with Crippen molar-refractivity contribution in [1.82, 2.24) is 0 Å². The molecule has 0 N–H and O–H groups in total. The number of fused-ring (bicyclic) bond motifs is 10. The van der Waals surface area contributed by atoms with Crippen LogP contribution in [0.4, 0.5) is 0 Å². The summed E-state index contributed by atoms with van der Waals surface area (Å²) in [5.41, 5.74) is 0. The zero-order valence-corrected chi connectivity index (χ0v) is 17.7. The van der Waals surface area contributed by atoms with Crippen LogP contribution in [0.1, 0.15) is 51.9 Å². The van der Waals surface area contributed by atoms with E-state index in [1.165, 1.54) is 21.0 Å². The fourth-order valence-corrected chi connectivity index (χ4v) is 99.7. The van der Waals surface area contributed by atoms with Crippen LogP contribution in [-0.2, 0) is 22.4 Å². The molecule has 5 atom stereocenters. The molecule has 0 radical (unpaired) electrons. The van der Waals surface area contributed by atoms with E-state index in [9.17, 15) is 0 Å². The molecule has 1 aliphatic carbocycles. The quantitative estimate of drug-likeness (QED) is 0.354. The van der Waals surface area contributed by atoms with Gasteiger partial charge in [0.05, 0.1) is 0 Å². The van der Waals surface area contributed by atoms with Gasteiger partial charge in [0.1, 0.15) is 0 Å². The van der Waals surface area contributed by atoms with E-state index in [0.717, 1.165) is 0 Å².